The molecular weight excluding hydrogens is 220 g/mol. The largest absolute Gasteiger partial charge is 0.506 e. The minimum absolute atomic E-state index is 0.0216. The van der Waals surface area contributed by atoms with Crippen molar-refractivity contribution >= 4 is 23.1 Å². The number of aromatic nitrogens is 2. The van der Waals surface area contributed by atoms with Crippen LogP contribution in [-0.4, -0.2) is 25.6 Å². The van der Waals surface area contributed by atoms with Gasteiger partial charge in [0.1, 0.15) is 23.5 Å². The number of imidazole rings is 1. The van der Waals surface area contributed by atoms with Crippen molar-refractivity contribution in [3.8, 4) is 5.75 Å². The molecule has 0 radical (unpaired) electrons. The van der Waals surface area contributed by atoms with Crippen molar-refractivity contribution in [3.63, 3.8) is 0 Å². The number of carboxylic acids is 1. The first kappa shape index (κ1) is 9.79. The van der Waals surface area contributed by atoms with Gasteiger partial charge in [0.05, 0.1) is 0 Å². The molecular formula is C9H7ClN2O3. The molecule has 0 aliphatic carbocycles. The Morgan fingerprint density at radius 2 is 2.33 bits per heavy atom. The van der Waals surface area contributed by atoms with Crippen LogP contribution in [-0.2, 0) is 11.2 Å². The van der Waals surface area contributed by atoms with E-state index in [0.29, 0.717) is 11.3 Å². The SMILES string of the molecule is O=C(O)Cc1nc(Cl)c2c(O)cccn12. The fraction of sp³-hybridized carbons (Fsp3) is 0.111. The molecule has 2 aromatic rings. The molecule has 0 amide bonds. The Labute approximate surface area is 89.6 Å². The number of carbonyl (C=O) groups is 1. The molecule has 2 aromatic heterocycles. The zero-order valence-electron chi connectivity index (χ0n) is 7.51. The van der Waals surface area contributed by atoms with Gasteiger partial charge in [-0.2, -0.15) is 0 Å². The van der Waals surface area contributed by atoms with Crippen LogP contribution in [0.2, 0.25) is 5.15 Å². The van der Waals surface area contributed by atoms with E-state index in [1.807, 2.05) is 0 Å². The Hall–Kier alpha value is -1.75. The van der Waals surface area contributed by atoms with Gasteiger partial charge in [-0.1, -0.05) is 11.6 Å². The molecule has 78 valence electrons. The Balaban J connectivity index is 2.68. The van der Waals surface area contributed by atoms with Gasteiger partial charge in [-0.25, -0.2) is 4.98 Å². The average molecular weight is 227 g/mol. The number of nitrogens with zero attached hydrogens (tertiary/aromatic N) is 2. The molecule has 2 rings (SSSR count). The maximum absolute atomic E-state index is 10.5. The van der Waals surface area contributed by atoms with Crippen LogP contribution in [0, 0.1) is 0 Å². The third-order valence-electron chi connectivity index (χ3n) is 1.98. The van der Waals surface area contributed by atoms with Gasteiger partial charge in [-0.15, -0.1) is 0 Å². The van der Waals surface area contributed by atoms with E-state index in [1.54, 1.807) is 12.3 Å². The van der Waals surface area contributed by atoms with Crippen molar-refractivity contribution in [3.05, 3.63) is 29.3 Å². The van der Waals surface area contributed by atoms with Crippen LogP contribution in [0.3, 0.4) is 0 Å². The molecule has 6 heteroatoms. The van der Waals surface area contributed by atoms with Gasteiger partial charge in [-0.3, -0.25) is 9.20 Å². The molecule has 2 N–H and O–H groups in total. The number of hydrogen-bond acceptors (Lipinski definition) is 3. The zero-order chi connectivity index (χ0) is 11.0. The quantitative estimate of drug-likeness (QED) is 0.810. The summed E-state index contributed by atoms with van der Waals surface area (Å²) in [5, 5.41) is 18.3. The number of carboxylic acid groups (broad SMARTS) is 1. The summed E-state index contributed by atoms with van der Waals surface area (Å²) in [4.78, 5) is 14.4. The third kappa shape index (κ3) is 1.61. The van der Waals surface area contributed by atoms with Crippen LogP contribution in [0.25, 0.3) is 5.52 Å². The average Bonchev–Trinajstić information content (AvgIpc) is 2.44. The second kappa shape index (κ2) is 3.43. The summed E-state index contributed by atoms with van der Waals surface area (Å²) < 4.78 is 1.46. The normalized spacial score (nSPS) is 10.7. The summed E-state index contributed by atoms with van der Waals surface area (Å²) in [5.74, 6) is -0.730. The number of halogens is 1. The molecule has 2 heterocycles. The molecule has 0 unspecified atom stereocenters. The van der Waals surface area contributed by atoms with E-state index < -0.39 is 5.97 Å². The molecule has 0 saturated heterocycles. The molecule has 0 bridgehead atoms. The second-order valence-electron chi connectivity index (χ2n) is 3.00. The predicted molar refractivity (Wildman–Crippen MR) is 53.2 cm³/mol. The number of hydrogen-bond donors (Lipinski definition) is 2. The van der Waals surface area contributed by atoms with E-state index in [2.05, 4.69) is 4.98 Å². The first-order chi connectivity index (χ1) is 7.09. The van der Waals surface area contributed by atoms with E-state index in [4.69, 9.17) is 16.7 Å². The maximum atomic E-state index is 10.5. The van der Waals surface area contributed by atoms with Crippen LogP contribution < -0.4 is 0 Å². The summed E-state index contributed by atoms with van der Waals surface area (Å²) in [7, 11) is 0. The van der Waals surface area contributed by atoms with Crippen molar-refractivity contribution in [2.45, 2.75) is 6.42 Å². The number of aliphatic carboxylic acids is 1. The van der Waals surface area contributed by atoms with E-state index in [1.165, 1.54) is 10.5 Å². The number of fused-ring (bicyclic) bond motifs is 1. The van der Waals surface area contributed by atoms with Gasteiger partial charge in [0.15, 0.2) is 5.15 Å². The number of rotatable bonds is 2. The van der Waals surface area contributed by atoms with Gasteiger partial charge in [-0.05, 0) is 12.1 Å². The lowest BCUT2D eigenvalue weighted by Gasteiger charge is -1.99. The van der Waals surface area contributed by atoms with Gasteiger partial charge < -0.3 is 10.2 Å². The highest BCUT2D eigenvalue weighted by molar-refractivity contribution is 6.33. The van der Waals surface area contributed by atoms with Gasteiger partial charge in [0.25, 0.3) is 0 Å². The predicted octanol–water partition coefficient (Wildman–Crippen LogP) is 1.32. The molecule has 0 aromatic carbocycles. The van der Waals surface area contributed by atoms with E-state index in [9.17, 15) is 9.90 Å². The van der Waals surface area contributed by atoms with Crippen LogP contribution in [0.1, 0.15) is 5.82 Å². The Bertz CT molecular complexity index is 535. The first-order valence-corrected chi connectivity index (χ1v) is 4.53. The van der Waals surface area contributed by atoms with Crippen LogP contribution in [0.15, 0.2) is 18.3 Å². The molecule has 0 aliphatic heterocycles. The van der Waals surface area contributed by atoms with Crippen molar-refractivity contribution in [1.82, 2.24) is 9.38 Å². The topological polar surface area (TPSA) is 74.8 Å². The second-order valence-corrected chi connectivity index (χ2v) is 3.36. The maximum Gasteiger partial charge on any atom is 0.311 e. The molecule has 0 atom stereocenters. The van der Waals surface area contributed by atoms with E-state index in [-0.39, 0.29) is 17.3 Å². The van der Waals surface area contributed by atoms with Crippen LogP contribution in [0.4, 0.5) is 0 Å². The summed E-state index contributed by atoms with van der Waals surface area (Å²) in [6.07, 6.45) is 1.36. The molecule has 0 aliphatic rings. The first-order valence-electron chi connectivity index (χ1n) is 4.16. The molecule has 15 heavy (non-hydrogen) atoms. The Morgan fingerprint density at radius 3 is 3.00 bits per heavy atom. The van der Waals surface area contributed by atoms with Crippen molar-refractivity contribution < 1.29 is 15.0 Å². The van der Waals surface area contributed by atoms with Crippen LogP contribution in [0.5, 0.6) is 5.75 Å². The summed E-state index contributed by atoms with van der Waals surface area (Å²) in [6, 6.07) is 3.05. The lowest BCUT2D eigenvalue weighted by Crippen LogP contribution is -2.04. The smallest absolute Gasteiger partial charge is 0.311 e. The number of pyridine rings is 1. The van der Waals surface area contributed by atoms with Gasteiger partial charge in [0, 0.05) is 6.20 Å². The molecule has 0 saturated carbocycles. The standard InChI is InChI=1S/C9H7ClN2O3/c10-9-8-5(13)2-1-3-12(8)6(11-9)4-7(14)15/h1-3,13H,4H2,(H,14,15). The molecule has 0 spiro atoms. The Kier molecular flexibility index (Phi) is 2.24. The fourth-order valence-electron chi connectivity index (χ4n) is 1.40. The van der Waals surface area contributed by atoms with E-state index in [0.717, 1.165) is 0 Å². The third-order valence-corrected chi connectivity index (χ3v) is 2.25. The van der Waals surface area contributed by atoms with Gasteiger partial charge in [0.2, 0.25) is 0 Å². The lowest BCUT2D eigenvalue weighted by atomic mass is 10.3. The zero-order valence-corrected chi connectivity index (χ0v) is 8.27. The Morgan fingerprint density at radius 1 is 1.60 bits per heavy atom. The fourth-order valence-corrected chi connectivity index (χ4v) is 1.68. The highest BCUT2D eigenvalue weighted by atomic mass is 35.5. The summed E-state index contributed by atoms with van der Waals surface area (Å²) in [6.45, 7) is 0. The highest BCUT2D eigenvalue weighted by Gasteiger charge is 2.14. The van der Waals surface area contributed by atoms with Crippen LogP contribution >= 0.6 is 11.6 Å². The van der Waals surface area contributed by atoms with Crippen molar-refractivity contribution in [2.24, 2.45) is 0 Å². The highest BCUT2D eigenvalue weighted by Crippen LogP contribution is 2.26. The van der Waals surface area contributed by atoms with E-state index >= 15 is 0 Å². The minimum atomic E-state index is -0.998. The van der Waals surface area contributed by atoms with Gasteiger partial charge >= 0.3 is 5.97 Å². The monoisotopic (exact) mass is 226 g/mol. The van der Waals surface area contributed by atoms with Crippen molar-refractivity contribution in [1.29, 1.82) is 0 Å². The summed E-state index contributed by atoms with van der Waals surface area (Å²) >= 11 is 5.78. The molecule has 0 fully saturated rings. The number of aromatic hydroxyl groups is 1. The lowest BCUT2D eigenvalue weighted by molar-refractivity contribution is -0.136. The van der Waals surface area contributed by atoms with Crippen molar-refractivity contribution in [2.75, 3.05) is 0 Å². The minimum Gasteiger partial charge on any atom is -0.506 e. The molecule has 5 nitrogen and oxygen atoms in total. The summed E-state index contributed by atoms with van der Waals surface area (Å²) in [5.41, 5.74) is 0.329.